The van der Waals surface area contributed by atoms with E-state index in [1.54, 1.807) is 24.5 Å². The van der Waals surface area contributed by atoms with Crippen molar-refractivity contribution in [3.63, 3.8) is 0 Å². The van der Waals surface area contributed by atoms with Crippen molar-refractivity contribution in [2.45, 2.75) is 20.4 Å². The van der Waals surface area contributed by atoms with E-state index in [2.05, 4.69) is 26.7 Å². The monoisotopic (exact) mass is 448 g/mol. The number of rotatable bonds is 7. The largest absolute Gasteiger partial charge is 0.493 e. The third kappa shape index (κ3) is 6.00. The normalized spacial score (nSPS) is 11.0. The number of ether oxygens (including phenoxy) is 3. The Bertz CT molecular complexity index is 1120. The van der Waals surface area contributed by atoms with Crippen LogP contribution in [0.15, 0.2) is 59.9 Å². The number of anilines is 1. The van der Waals surface area contributed by atoms with Crippen LogP contribution in [0.25, 0.3) is 0 Å². The van der Waals surface area contributed by atoms with E-state index in [9.17, 15) is 4.79 Å². The fourth-order valence-corrected chi connectivity index (χ4v) is 3.25. The van der Waals surface area contributed by atoms with Crippen LogP contribution in [0.3, 0.4) is 0 Å². The fraction of sp³-hybridized carbons (Fsp3) is 0.240. The molecule has 3 aromatic rings. The third-order valence-corrected chi connectivity index (χ3v) is 4.94. The maximum absolute atomic E-state index is 13.1. The molecular weight excluding hydrogens is 420 g/mol. The first-order valence-corrected chi connectivity index (χ1v) is 10.3. The van der Waals surface area contributed by atoms with Crippen LogP contribution >= 0.6 is 0 Å². The Balaban J connectivity index is 1.91. The van der Waals surface area contributed by atoms with Gasteiger partial charge in [0.25, 0.3) is 5.91 Å². The van der Waals surface area contributed by atoms with Crippen LogP contribution < -0.4 is 24.8 Å². The summed E-state index contributed by atoms with van der Waals surface area (Å²) in [6.07, 6.45) is 3.44. The lowest BCUT2D eigenvalue weighted by Gasteiger charge is -2.16. The van der Waals surface area contributed by atoms with Crippen molar-refractivity contribution in [3.8, 4) is 17.2 Å². The van der Waals surface area contributed by atoms with Gasteiger partial charge in [-0.15, -0.1) is 0 Å². The molecule has 0 aliphatic carbocycles. The number of hydrogen-bond acceptors (Lipinski definition) is 6. The molecule has 1 aromatic heterocycles. The van der Waals surface area contributed by atoms with Crippen molar-refractivity contribution in [2.75, 3.05) is 26.6 Å². The number of aryl methyl sites for hydroxylation is 2. The number of nitrogens with zero attached hydrogens (tertiary/aromatic N) is 2. The molecule has 0 fully saturated rings. The van der Waals surface area contributed by atoms with Gasteiger partial charge in [0.2, 0.25) is 11.7 Å². The Morgan fingerprint density at radius 3 is 2.30 bits per heavy atom. The number of aromatic nitrogens is 1. The molecule has 0 bridgehead atoms. The molecule has 1 amide bonds. The lowest BCUT2D eigenvalue weighted by Crippen LogP contribution is -2.36. The smallest absolute Gasteiger partial charge is 0.258 e. The zero-order valence-electron chi connectivity index (χ0n) is 19.4. The van der Waals surface area contributed by atoms with E-state index < -0.39 is 0 Å². The number of amides is 1. The minimum Gasteiger partial charge on any atom is -0.493 e. The number of hydrogen-bond donors (Lipinski definition) is 2. The lowest BCUT2D eigenvalue weighted by atomic mass is 10.1. The Morgan fingerprint density at radius 2 is 1.73 bits per heavy atom. The van der Waals surface area contributed by atoms with E-state index in [-0.39, 0.29) is 5.91 Å². The summed E-state index contributed by atoms with van der Waals surface area (Å²) in [5.74, 6) is 1.12. The van der Waals surface area contributed by atoms with Crippen LogP contribution in [-0.4, -0.2) is 38.2 Å². The van der Waals surface area contributed by atoms with Crippen molar-refractivity contribution in [1.82, 2.24) is 10.3 Å². The highest BCUT2D eigenvalue weighted by atomic mass is 16.5. The van der Waals surface area contributed by atoms with Crippen LogP contribution in [0, 0.1) is 13.8 Å². The van der Waals surface area contributed by atoms with Crippen molar-refractivity contribution >= 4 is 17.6 Å². The molecule has 1 heterocycles. The Hall–Kier alpha value is -4.07. The summed E-state index contributed by atoms with van der Waals surface area (Å²) in [5, 5.41) is 6.10. The number of carbonyl (C=O) groups excluding carboxylic acids is 1. The van der Waals surface area contributed by atoms with Gasteiger partial charge in [-0.3, -0.25) is 15.1 Å². The molecule has 0 atom stereocenters. The van der Waals surface area contributed by atoms with Crippen molar-refractivity contribution in [1.29, 1.82) is 0 Å². The van der Waals surface area contributed by atoms with E-state index in [1.165, 1.54) is 21.3 Å². The number of carbonyl (C=O) groups is 1. The molecule has 2 aromatic carbocycles. The van der Waals surface area contributed by atoms with Gasteiger partial charge >= 0.3 is 0 Å². The van der Waals surface area contributed by atoms with Gasteiger partial charge < -0.3 is 19.5 Å². The highest BCUT2D eigenvalue weighted by Gasteiger charge is 2.18. The topological polar surface area (TPSA) is 94.1 Å². The highest BCUT2D eigenvalue weighted by Crippen LogP contribution is 2.38. The van der Waals surface area contributed by atoms with Gasteiger partial charge in [0, 0.05) is 23.6 Å². The number of nitrogens with one attached hydrogen (secondary N) is 2. The Kier molecular flexibility index (Phi) is 7.86. The first-order valence-electron chi connectivity index (χ1n) is 10.3. The molecule has 2 N–H and O–H groups in total. The van der Waals surface area contributed by atoms with Crippen LogP contribution in [0.2, 0.25) is 0 Å². The predicted molar refractivity (Wildman–Crippen MR) is 128 cm³/mol. The van der Waals surface area contributed by atoms with Gasteiger partial charge in [-0.25, -0.2) is 4.99 Å². The highest BCUT2D eigenvalue weighted by molar-refractivity contribution is 6.10. The first-order chi connectivity index (χ1) is 15.9. The molecule has 172 valence electrons. The second-order valence-corrected chi connectivity index (χ2v) is 7.34. The number of methoxy groups -OCH3 is 3. The van der Waals surface area contributed by atoms with E-state index in [0.717, 1.165) is 22.4 Å². The van der Waals surface area contributed by atoms with E-state index in [0.29, 0.717) is 35.3 Å². The Labute approximate surface area is 193 Å². The van der Waals surface area contributed by atoms with Gasteiger partial charge in [0.15, 0.2) is 11.5 Å². The number of benzene rings is 2. The minimum atomic E-state index is -0.378. The van der Waals surface area contributed by atoms with Crippen LogP contribution in [0.5, 0.6) is 17.2 Å². The van der Waals surface area contributed by atoms with Gasteiger partial charge in [0.05, 0.1) is 27.9 Å². The molecule has 0 spiro atoms. The summed E-state index contributed by atoms with van der Waals surface area (Å²) in [6.45, 7) is 4.37. The zero-order valence-corrected chi connectivity index (χ0v) is 19.4. The lowest BCUT2D eigenvalue weighted by molar-refractivity contribution is 0.0976. The minimum absolute atomic E-state index is 0.310. The molecule has 0 unspecified atom stereocenters. The molecule has 0 saturated heterocycles. The summed E-state index contributed by atoms with van der Waals surface area (Å²) in [7, 11) is 4.51. The summed E-state index contributed by atoms with van der Waals surface area (Å²) in [5.41, 5.74) is 4.27. The average Bonchev–Trinajstić information content (AvgIpc) is 2.83. The summed E-state index contributed by atoms with van der Waals surface area (Å²) < 4.78 is 16.1. The quantitative estimate of drug-likeness (QED) is 0.417. The molecular formula is C25H28N4O4. The van der Waals surface area contributed by atoms with E-state index in [4.69, 9.17) is 14.2 Å². The molecule has 8 nitrogen and oxygen atoms in total. The SMILES string of the molecule is COc1cc(C(=O)NC(=NCc2cccnc2)Nc2ccc(C)cc2C)cc(OC)c1OC. The Morgan fingerprint density at radius 1 is 1.00 bits per heavy atom. The van der Waals surface area contributed by atoms with Crippen molar-refractivity contribution < 1.29 is 19.0 Å². The number of guanidine groups is 1. The first kappa shape index (κ1) is 23.6. The standard InChI is InChI=1S/C25H28N4O4/c1-16-8-9-20(17(2)11-16)28-25(27-15-18-7-6-10-26-14-18)29-24(30)19-12-21(31-3)23(33-5)22(13-19)32-4/h6-14H,15H2,1-5H3,(H2,27,28,29,30). The van der Waals surface area contributed by atoms with E-state index in [1.807, 2.05) is 38.1 Å². The van der Waals surface area contributed by atoms with Crippen molar-refractivity contribution in [3.05, 3.63) is 77.1 Å². The van der Waals surface area contributed by atoms with Crippen molar-refractivity contribution in [2.24, 2.45) is 4.99 Å². The second-order valence-electron chi connectivity index (χ2n) is 7.34. The van der Waals surface area contributed by atoms with Gasteiger partial charge in [0.1, 0.15) is 0 Å². The average molecular weight is 449 g/mol. The molecule has 0 aliphatic heterocycles. The van der Waals surface area contributed by atoms with Crippen LogP contribution in [0.4, 0.5) is 5.69 Å². The van der Waals surface area contributed by atoms with Crippen LogP contribution in [-0.2, 0) is 6.54 Å². The van der Waals surface area contributed by atoms with Gasteiger partial charge in [-0.05, 0) is 49.2 Å². The number of pyridine rings is 1. The maximum Gasteiger partial charge on any atom is 0.258 e. The van der Waals surface area contributed by atoms with Crippen LogP contribution in [0.1, 0.15) is 27.0 Å². The van der Waals surface area contributed by atoms with Gasteiger partial charge in [-0.1, -0.05) is 23.8 Å². The molecule has 33 heavy (non-hydrogen) atoms. The maximum atomic E-state index is 13.1. The molecule has 0 aliphatic rings. The summed E-state index contributed by atoms with van der Waals surface area (Å²) >= 11 is 0. The predicted octanol–water partition coefficient (Wildman–Crippen LogP) is 4.12. The number of aliphatic imine (C=N–C) groups is 1. The molecule has 8 heteroatoms. The van der Waals surface area contributed by atoms with Gasteiger partial charge in [-0.2, -0.15) is 0 Å². The zero-order chi connectivity index (χ0) is 23.8. The van der Waals surface area contributed by atoms with E-state index >= 15 is 0 Å². The molecule has 0 saturated carbocycles. The summed E-state index contributed by atoms with van der Waals surface area (Å²) in [6, 6.07) is 13.0. The fourth-order valence-electron chi connectivity index (χ4n) is 3.25. The summed E-state index contributed by atoms with van der Waals surface area (Å²) in [4.78, 5) is 21.8. The molecule has 0 radical (unpaired) electrons. The second kappa shape index (κ2) is 11.0. The third-order valence-electron chi connectivity index (χ3n) is 4.94. The molecule has 3 rings (SSSR count).